The van der Waals surface area contributed by atoms with Crippen molar-refractivity contribution in [1.29, 1.82) is 0 Å². The fourth-order valence-corrected chi connectivity index (χ4v) is 2.20. The molecule has 1 unspecified atom stereocenters. The van der Waals surface area contributed by atoms with Gasteiger partial charge in [-0.3, -0.25) is 0 Å². The van der Waals surface area contributed by atoms with Gasteiger partial charge in [-0.25, -0.2) is 0 Å². The van der Waals surface area contributed by atoms with Gasteiger partial charge in [0, 0.05) is 5.56 Å². The Labute approximate surface area is 123 Å². The minimum Gasteiger partial charge on any atom is -0.337 e. The molecule has 0 radical (unpaired) electrons. The molecule has 0 saturated carbocycles. The third kappa shape index (κ3) is 3.98. The van der Waals surface area contributed by atoms with E-state index in [0.29, 0.717) is 6.42 Å². The van der Waals surface area contributed by atoms with Crippen LogP contribution in [-0.4, -0.2) is 22.1 Å². The minimum atomic E-state index is -4.41. The highest BCUT2D eigenvalue weighted by Crippen LogP contribution is 2.31. The smallest absolute Gasteiger partial charge is 0.337 e. The predicted molar refractivity (Wildman–Crippen MR) is 74.7 cm³/mol. The fraction of sp³-hybridized carbons (Fsp3) is 0.385. The molecule has 2 aromatic rings. The average molecular weight is 317 g/mol. The van der Waals surface area contributed by atoms with Gasteiger partial charge in [0.25, 0.3) is 0 Å². The zero-order valence-corrected chi connectivity index (χ0v) is 12.0. The first-order chi connectivity index (χ1) is 9.91. The van der Waals surface area contributed by atoms with E-state index < -0.39 is 17.8 Å². The first-order valence-electron chi connectivity index (χ1n) is 6.17. The predicted octanol–water partition coefficient (Wildman–Crippen LogP) is 3.51. The Bertz CT molecular complexity index is 600. The number of alkyl halides is 3. The van der Waals surface area contributed by atoms with Crippen LogP contribution in [0.4, 0.5) is 13.2 Å². The number of benzene rings is 1. The van der Waals surface area contributed by atoms with Crippen molar-refractivity contribution in [3.8, 4) is 11.4 Å². The van der Waals surface area contributed by atoms with Crippen molar-refractivity contribution < 1.29 is 17.7 Å². The molecule has 114 valence electrons. The summed E-state index contributed by atoms with van der Waals surface area (Å²) in [6.07, 6.45) is -1.79. The van der Waals surface area contributed by atoms with Crippen LogP contribution in [0.1, 0.15) is 23.9 Å². The number of nitrogens with two attached hydrogens (primary N) is 1. The zero-order valence-electron chi connectivity index (χ0n) is 11.2. The molecule has 0 aliphatic carbocycles. The van der Waals surface area contributed by atoms with Gasteiger partial charge in [0.15, 0.2) is 0 Å². The second kappa shape index (κ2) is 6.48. The molecular weight excluding hydrogens is 303 g/mol. The van der Waals surface area contributed by atoms with Gasteiger partial charge >= 0.3 is 6.18 Å². The third-order valence-electron chi connectivity index (χ3n) is 2.84. The van der Waals surface area contributed by atoms with Crippen LogP contribution in [0.3, 0.4) is 0 Å². The number of nitrogens with zero attached hydrogens (tertiary/aromatic N) is 2. The highest BCUT2D eigenvalue weighted by Gasteiger charge is 2.30. The van der Waals surface area contributed by atoms with E-state index in [2.05, 4.69) is 10.1 Å². The quantitative estimate of drug-likeness (QED) is 0.914. The summed E-state index contributed by atoms with van der Waals surface area (Å²) in [5.74, 6) is 1.18. The zero-order chi connectivity index (χ0) is 15.5. The van der Waals surface area contributed by atoms with E-state index in [4.69, 9.17) is 10.3 Å². The molecule has 0 aliphatic heterocycles. The summed E-state index contributed by atoms with van der Waals surface area (Å²) in [5.41, 5.74) is 5.38. The van der Waals surface area contributed by atoms with Gasteiger partial charge in [0.1, 0.15) is 0 Å². The molecule has 0 fully saturated rings. The van der Waals surface area contributed by atoms with Crippen molar-refractivity contribution in [2.75, 3.05) is 12.0 Å². The third-order valence-corrected chi connectivity index (χ3v) is 3.48. The normalized spacial score (nSPS) is 13.4. The average Bonchev–Trinajstić information content (AvgIpc) is 2.94. The molecule has 1 heterocycles. The lowest BCUT2D eigenvalue weighted by Gasteiger charge is -2.06. The number of hydrogen-bond acceptors (Lipinski definition) is 5. The van der Waals surface area contributed by atoms with Crippen LogP contribution in [0.5, 0.6) is 0 Å². The summed E-state index contributed by atoms with van der Waals surface area (Å²) in [7, 11) is 0. The van der Waals surface area contributed by atoms with Crippen molar-refractivity contribution in [3.63, 3.8) is 0 Å². The Morgan fingerprint density at radius 1 is 1.38 bits per heavy atom. The highest BCUT2D eigenvalue weighted by atomic mass is 32.2. The first-order valence-corrected chi connectivity index (χ1v) is 7.57. The van der Waals surface area contributed by atoms with Gasteiger partial charge in [-0.2, -0.15) is 29.9 Å². The number of hydrogen-bond donors (Lipinski definition) is 1. The fourth-order valence-electron chi connectivity index (χ4n) is 1.71. The number of aromatic nitrogens is 2. The van der Waals surface area contributed by atoms with Gasteiger partial charge < -0.3 is 10.3 Å². The van der Waals surface area contributed by atoms with Crippen LogP contribution in [0, 0.1) is 0 Å². The minimum absolute atomic E-state index is 0.107. The molecule has 1 atom stereocenters. The standard InChI is InChI=1S/C13H14F3N3OS/c1-21-6-5-10(17)12-18-11(19-20-12)8-3-2-4-9(7-8)13(14,15)16/h2-4,7,10H,5-6,17H2,1H3. The van der Waals surface area contributed by atoms with Gasteiger partial charge in [0.2, 0.25) is 11.7 Å². The maximum atomic E-state index is 12.7. The van der Waals surface area contributed by atoms with Crippen LogP contribution < -0.4 is 5.73 Å². The topological polar surface area (TPSA) is 64.9 Å². The van der Waals surface area contributed by atoms with E-state index in [1.54, 1.807) is 11.8 Å². The summed E-state index contributed by atoms with van der Waals surface area (Å²) < 4.78 is 43.0. The number of thioether (sulfide) groups is 1. The Morgan fingerprint density at radius 3 is 2.81 bits per heavy atom. The molecule has 0 spiro atoms. The van der Waals surface area contributed by atoms with E-state index >= 15 is 0 Å². The summed E-state index contributed by atoms with van der Waals surface area (Å²) in [4.78, 5) is 4.08. The Hall–Kier alpha value is -1.54. The number of rotatable bonds is 5. The lowest BCUT2D eigenvalue weighted by atomic mass is 10.1. The van der Waals surface area contributed by atoms with E-state index in [9.17, 15) is 13.2 Å². The molecule has 0 saturated heterocycles. The second-order valence-corrected chi connectivity index (χ2v) is 5.41. The van der Waals surface area contributed by atoms with Crippen LogP contribution in [-0.2, 0) is 6.18 Å². The van der Waals surface area contributed by atoms with Gasteiger partial charge in [-0.05, 0) is 30.6 Å². The first kappa shape index (κ1) is 15.8. The molecule has 0 amide bonds. The van der Waals surface area contributed by atoms with Crippen LogP contribution in [0.15, 0.2) is 28.8 Å². The Kier molecular flexibility index (Phi) is 4.89. The lowest BCUT2D eigenvalue weighted by Crippen LogP contribution is -2.11. The summed E-state index contributed by atoms with van der Waals surface area (Å²) >= 11 is 1.64. The Balaban J connectivity index is 2.22. The van der Waals surface area contributed by atoms with Crippen molar-refractivity contribution in [3.05, 3.63) is 35.7 Å². The molecule has 1 aromatic heterocycles. The monoisotopic (exact) mass is 317 g/mol. The maximum Gasteiger partial charge on any atom is 0.416 e. The summed E-state index contributed by atoms with van der Waals surface area (Å²) in [6, 6.07) is 4.38. The SMILES string of the molecule is CSCCC(N)c1nc(-c2cccc(C(F)(F)F)c2)no1. The highest BCUT2D eigenvalue weighted by molar-refractivity contribution is 7.98. The Morgan fingerprint density at radius 2 is 2.14 bits per heavy atom. The molecule has 2 N–H and O–H groups in total. The van der Waals surface area contributed by atoms with Crippen molar-refractivity contribution in [2.45, 2.75) is 18.6 Å². The molecule has 1 aromatic carbocycles. The molecule has 21 heavy (non-hydrogen) atoms. The van der Waals surface area contributed by atoms with Crippen molar-refractivity contribution in [2.24, 2.45) is 5.73 Å². The molecule has 4 nitrogen and oxygen atoms in total. The molecule has 0 bridgehead atoms. The van der Waals surface area contributed by atoms with Gasteiger partial charge in [-0.15, -0.1) is 0 Å². The van der Waals surface area contributed by atoms with Crippen molar-refractivity contribution >= 4 is 11.8 Å². The molecule has 2 rings (SSSR count). The van der Waals surface area contributed by atoms with Gasteiger partial charge in [-0.1, -0.05) is 17.3 Å². The lowest BCUT2D eigenvalue weighted by molar-refractivity contribution is -0.137. The van der Waals surface area contributed by atoms with E-state index in [0.717, 1.165) is 17.9 Å². The molecule has 8 heteroatoms. The van der Waals surface area contributed by atoms with Crippen LogP contribution in [0.25, 0.3) is 11.4 Å². The maximum absolute atomic E-state index is 12.7. The van der Waals surface area contributed by atoms with E-state index in [1.807, 2.05) is 6.26 Å². The molecule has 0 aliphatic rings. The summed E-state index contributed by atoms with van der Waals surface area (Å²) in [5, 5.41) is 3.70. The largest absolute Gasteiger partial charge is 0.416 e. The second-order valence-electron chi connectivity index (χ2n) is 4.42. The van der Waals surface area contributed by atoms with E-state index in [1.165, 1.54) is 12.1 Å². The number of halogens is 3. The van der Waals surface area contributed by atoms with Crippen molar-refractivity contribution in [1.82, 2.24) is 10.1 Å². The van der Waals surface area contributed by atoms with E-state index in [-0.39, 0.29) is 17.3 Å². The van der Waals surface area contributed by atoms with Crippen LogP contribution in [0.2, 0.25) is 0 Å². The van der Waals surface area contributed by atoms with Gasteiger partial charge in [0.05, 0.1) is 11.6 Å². The van der Waals surface area contributed by atoms with Crippen LogP contribution >= 0.6 is 11.8 Å². The summed E-state index contributed by atoms with van der Waals surface area (Å²) in [6.45, 7) is 0. The molecular formula is C13H14F3N3OS.